The molecule has 2 aromatic carbocycles. The van der Waals surface area contributed by atoms with Crippen molar-refractivity contribution < 1.29 is 9.90 Å². The Bertz CT molecular complexity index is 1190. The van der Waals surface area contributed by atoms with E-state index in [-0.39, 0.29) is 11.7 Å². The summed E-state index contributed by atoms with van der Waals surface area (Å²) in [4.78, 5) is 19.4. The first kappa shape index (κ1) is 18.3. The van der Waals surface area contributed by atoms with Crippen LogP contribution in [0.25, 0.3) is 28.0 Å². The number of aromatic hydroxyl groups is 1. The zero-order valence-electron chi connectivity index (χ0n) is 16.3. The van der Waals surface area contributed by atoms with E-state index in [4.69, 9.17) is 4.98 Å². The van der Waals surface area contributed by atoms with Crippen molar-refractivity contribution in [3.05, 3.63) is 72.6 Å². The molecule has 5 rings (SSSR count). The third kappa shape index (κ3) is 3.40. The fourth-order valence-corrected chi connectivity index (χ4v) is 3.71. The lowest BCUT2D eigenvalue weighted by Crippen LogP contribution is -2.46. The standard InChI is InChI=1S/C23H21N5O2/c29-19-7-5-16(6-8-19)20-15-25-28-12-9-21(26-22(20)28)17-1-3-18(4-2-17)23(30)27-13-10-24-11-14-27/h1-9,12,15,24,29H,10-11,13-14H2. The highest BCUT2D eigenvalue weighted by molar-refractivity contribution is 5.94. The average molecular weight is 399 g/mol. The quantitative estimate of drug-likeness (QED) is 0.554. The van der Waals surface area contributed by atoms with E-state index < -0.39 is 0 Å². The van der Waals surface area contributed by atoms with E-state index in [2.05, 4.69) is 10.4 Å². The molecule has 1 fully saturated rings. The minimum absolute atomic E-state index is 0.0665. The van der Waals surface area contributed by atoms with Crippen LogP contribution in [0.15, 0.2) is 67.0 Å². The lowest BCUT2D eigenvalue weighted by atomic mass is 10.1. The van der Waals surface area contributed by atoms with E-state index in [9.17, 15) is 9.90 Å². The third-order valence-electron chi connectivity index (χ3n) is 5.38. The Morgan fingerprint density at radius 1 is 0.933 bits per heavy atom. The number of rotatable bonds is 3. The van der Waals surface area contributed by atoms with Crippen LogP contribution in [0.2, 0.25) is 0 Å². The van der Waals surface area contributed by atoms with Crippen LogP contribution in [0.1, 0.15) is 10.4 Å². The molecule has 0 atom stereocenters. The zero-order chi connectivity index (χ0) is 20.5. The van der Waals surface area contributed by atoms with Gasteiger partial charge < -0.3 is 15.3 Å². The maximum atomic E-state index is 12.7. The van der Waals surface area contributed by atoms with Crippen molar-refractivity contribution >= 4 is 11.6 Å². The lowest BCUT2D eigenvalue weighted by molar-refractivity contribution is 0.0736. The van der Waals surface area contributed by atoms with Gasteiger partial charge in [-0.1, -0.05) is 24.3 Å². The number of amides is 1. The Labute approximate surface area is 173 Å². The fourth-order valence-electron chi connectivity index (χ4n) is 3.71. The molecular weight excluding hydrogens is 378 g/mol. The largest absolute Gasteiger partial charge is 0.508 e. The molecule has 7 heteroatoms. The highest BCUT2D eigenvalue weighted by atomic mass is 16.3. The number of phenolic OH excluding ortho intramolecular Hbond substituents is 1. The predicted molar refractivity (Wildman–Crippen MR) is 114 cm³/mol. The summed E-state index contributed by atoms with van der Waals surface area (Å²) in [6.07, 6.45) is 3.65. The summed E-state index contributed by atoms with van der Waals surface area (Å²) < 4.78 is 1.73. The molecule has 0 bridgehead atoms. The van der Waals surface area contributed by atoms with Crippen LogP contribution in [0, 0.1) is 0 Å². The first-order valence-corrected chi connectivity index (χ1v) is 9.93. The van der Waals surface area contributed by atoms with Crippen molar-refractivity contribution in [1.82, 2.24) is 24.8 Å². The molecule has 1 aliphatic heterocycles. The number of aromatic nitrogens is 3. The molecule has 3 heterocycles. The second kappa shape index (κ2) is 7.61. The van der Waals surface area contributed by atoms with Gasteiger partial charge in [-0.15, -0.1) is 0 Å². The molecule has 1 aliphatic rings. The molecule has 0 spiro atoms. The van der Waals surface area contributed by atoms with Gasteiger partial charge in [0.25, 0.3) is 5.91 Å². The molecule has 1 amide bonds. The van der Waals surface area contributed by atoms with Crippen LogP contribution >= 0.6 is 0 Å². The maximum absolute atomic E-state index is 12.7. The summed E-state index contributed by atoms with van der Waals surface area (Å²) >= 11 is 0. The van der Waals surface area contributed by atoms with Crippen LogP contribution in [0.3, 0.4) is 0 Å². The number of nitrogens with one attached hydrogen (secondary N) is 1. The molecule has 1 saturated heterocycles. The van der Waals surface area contributed by atoms with Crippen LogP contribution in [0.5, 0.6) is 5.75 Å². The van der Waals surface area contributed by atoms with E-state index in [1.165, 1.54) is 0 Å². The highest BCUT2D eigenvalue weighted by Crippen LogP contribution is 2.27. The van der Waals surface area contributed by atoms with Gasteiger partial charge in [0, 0.05) is 49.1 Å². The number of phenols is 1. The topological polar surface area (TPSA) is 82.8 Å². The molecule has 7 nitrogen and oxygen atoms in total. The number of nitrogens with zero attached hydrogens (tertiary/aromatic N) is 4. The third-order valence-corrected chi connectivity index (χ3v) is 5.38. The van der Waals surface area contributed by atoms with E-state index in [1.54, 1.807) is 22.8 Å². The van der Waals surface area contributed by atoms with Gasteiger partial charge in [0.2, 0.25) is 0 Å². The minimum atomic E-state index is 0.0665. The van der Waals surface area contributed by atoms with Gasteiger partial charge in [-0.2, -0.15) is 5.10 Å². The van der Waals surface area contributed by atoms with Gasteiger partial charge in [0.05, 0.1) is 11.9 Å². The number of carbonyl (C=O) groups excluding carboxylic acids is 1. The number of fused-ring (bicyclic) bond motifs is 1. The summed E-state index contributed by atoms with van der Waals surface area (Å²) in [5.41, 5.74) is 5.00. The molecule has 2 N–H and O–H groups in total. The molecule has 150 valence electrons. The van der Waals surface area contributed by atoms with Crippen LogP contribution in [-0.2, 0) is 0 Å². The van der Waals surface area contributed by atoms with Crippen molar-refractivity contribution in [2.75, 3.05) is 26.2 Å². The maximum Gasteiger partial charge on any atom is 0.253 e. The zero-order valence-corrected chi connectivity index (χ0v) is 16.3. The van der Waals surface area contributed by atoms with Crippen molar-refractivity contribution in [1.29, 1.82) is 0 Å². The van der Waals surface area contributed by atoms with Gasteiger partial charge in [0.1, 0.15) is 5.75 Å². The first-order chi connectivity index (χ1) is 14.7. The number of hydrogen-bond acceptors (Lipinski definition) is 5. The van der Waals surface area contributed by atoms with Crippen molar-refractivity contribution in [3.63, 3.8) is 0 Å². The summed E-state index contributed by atoms with van der Waals surface area (Å²) in [6.45, 7) is 3.14. The Balaban J connectivity index is 1.45. The number of benzene rings is 2. The van der Waals surface area contributed by atoms with Crippen molar-refractivity contribution in [2.45, 2.75) is 0 Å². The molecule has 0 unspecified atom stereocenters. The Kier molecular flexibility index (Phi) is 4.65. The van der Waals surface area contributed by atoms with E-state index >= 15 is 0 Å². The Morgan fingerprint density at radius 2 is 1.63 bits per heavy atom. The molecule has 4 aromatic rings. The Hall–Kier alpha value is -3.71. The summed E-state index contributed by atoms with van der Waals surface area (Å²) in [5, 5.41) is 17.2. The summed E-state index contributed by atoms with van der Waals surface area (Å²) in [6, 6.07) is 16.5. The van der Waals surface area contributed by atoms with Gasteiger partial charge in [-0.3, -0.25) is 4.79 Å². The fraction of sp³-hybridized carbons (Fsp3) is 0.174. The van der Waals surface area contributed by atoms with Gasteiger partial charge in [-0.05, 0) is 35.9 Å². The molecule has 2 aromatic heterocycles. The monoisotopic (exact) mass is 399 g/mol. The summed E-state index contributed by atoms with van der Waals surface area (Å²) in [7, 11) is 0. The highest BCUT2D eigenvalue weighted by Gasteiger charge is 2.18. The number of carbonyl (C=O) groups is 1. The van der Waals surface area contributed by atoms with Gasteiger partial charge in [-0.25, -0.2) is 9.50 Å². The lowest BCUT2D eigenvalue weighted by Gasteiger charge is -2.27. The van der Waals surface area contributed by atoms with Crippen LogP contribution in [-0.4, -0.2) is 56.7 Å². The molecule has 0 radical (unpaired) electrons. The van der Waals surface area contributed by atoms with E-state index in [0.717, 1.165) is 54.2 Å². The molecule has 0 saturated carbocycles. The second-order valence-electron chi connectivity index (χ2n) is 7.31. The minimum Gasteiger partial charge on any atom is -0.508 e. The predicted octanol–water partition coefficient (Wildman–Crippen LogP) is 2.81. The smallest absolute Gasteiger partial charge is 0.253 e. The molecule has 30 heavy (non-hydrogen) atoms. The first-order valence-electron chi connectivity index (χ1n) is 9.93. The van der Waals surface area contributed by atoms with Crippen LogP contribution < -0.4 is 5.32 Å². The van der Waals surface area contributed by atoms with Gasteiger partial charge in [0.15, 0.2) is 5.65 Å². The van der Waals surface area contributed by atoms with E-state index in [1.807, 2.05) is 53.6 Å². The Morgan fingerprint density at radius 3 is 2.37 bits per heavy atom. The normalized spacial score (nSPS) is 14.2. The van der Waals surface area contributed by atoms with Gasteiger partial charge >= 0.3 is 0 Å². The summed E-state index contributed by atoms with van der Waals surface area (Å²) in [5.74, 6) is 0.288. The van der Waals surface area contributed by atoms with Crippen molar-refractivity contribution in [3.8, 4) is 28.1 Å². The number of hydrogen-bond donors (Lipinski definition) is 2. The average Bonchev–Trinajstić information content (AvgIpc) is 3.23. The molecule has 0 aliphatic carbocycles. The van der Waals surface area contributed by atoms with Crippen LogP contribution in [0.4, 0.5) is 0 Å². The van der Waals surface area contributed by atoms with Crippen molar-refractivity contribution in [2.24, 2.45) is 0 Å². The number of piperazine rings is 1. The second-order valence-corrected chi connectivity index (χ2v) is 7.31. The molecular formula is C23H21N5O2. The SMILES string of the molecule is O=C(c1ccc(-c2ccn3ncc(-c4ccc(O)cc4)c3n2)cc1)N1CCNCC1. The van der Waals surface area contributed by atoms with E-state index in [0.29, 0.717) is 5.56 Å².